The summed E-state index contributed by atoms with van der Waals surface area (Å²) >= 11 is 0. The number of nitrogens with one attached hydrogen (secondary N) is 1. The van der Waals surface area contributed by atoms with Crippen LogP contribution in [-0.2, 0) is 16.6 Å². The van der Waals surface area contributed by atoms with Crippen LogP contribution in [0, 0.1) is 6.92 Å². The molecule has 124 valence electrons. The van der Waals surface area contributed by atoms with Gasteiger partial charge in [-0.15, -0.1) is 0 Å². The largest absolute Gasteiger partial charge is 0.438 e. The highest BCUT2D eigenvalue weighted by Crippen LogP contribution is 2.22. The van der Waals surface area contributed by atoms with Gasteiger partial charge in [-0.1, -0.05) is 0 Å². The van der Waals surface area contributed by atoms with E-state index in [-0.39, 0.29) is 24.3 Å². The Balaban J connectivity index is 1.83. The van der Waals surface area contributed by atoms with Gasteiger partial charge in [0.05, 0.1) is 30.2 Å². The molecule has 0 unspecified atom stereocenters. The number of oxazole rings is 1. The van der Waals surface area contributed by atoms with Crippen molar-refractivity contribution in [1.29, 1.82) is 0 Å². The van der Waals surface area contributed by atoms with E-state index in [1.807, 2.05) is 0 Å². The second kappa shape index (κ2) is 5.78. The van der Waals surface area contributed by atoms with Crippen LogP contribution in [0.1, 0.15) is 28.0 Å². The highest BCUT2D eigenvalue weighted by Gasteiger charge is 2.31. The lowest BCUT2D eigenvalue weighted by Crippen LogP contribution is -2.45. The molecule has 0 aliphatic carbocycles. The molecule has 1 N–H and O–H groups in total. The van der Waals surface area contributed by atoms with Gasteiger partial charge in [-0.3, -0.25) is 9.48 Å². The molecule has 2 aromatic heterocycles. The van der Waals surface area contributed by atoms with E-state index in [1.165, 1.54) is 6.39 Å². The van der Waals surface area contributed by atoms with Crippen molar-refractivity contribution in [3.63, 3.8) is 0 Å². The number of rotatable bonds is 4. The van der Waals surface area contributed by atoms with Crippen LogP contribution in [0.5, 0.6) is 0 Å². The fourth-order valence-corrected chi connectivity index (χ4v) is 3.09. The summed E-state index contributed by atoms with van der Waals surface area (Å²) in [6.07, 6.45) is 3.97. The van der Waals surface area contributed by atoms with Crippen LogP contribution in [0.3, 0.4) is 0 Å². The van der Waals surface area contributed by atoms with Crippen molar-refractivity contribution in [1.82, 2.24) is 24.4 Å². The summed E-state index contributed by atoms with van der Waals surface area (Å²) < 4.78 is 32.0. The lowest BCUT2D eigenvalue weighted by atomic mass is 10.1. The summed E-state index contributed by atoms with van der Waals surface area (Å²) in [5, 5.41) is 4.22. The van der Waals surface area contributed by atoms with Gasteiger partial charge in [0.25, 0.3) is 5.91 Å². The smallest absolute Gasteiger partial charge is 0.291 e. The number of hydrogen-bond donors (Lipinski definition) is 1. The average Bonchev–Trinajstić information content (AvgIpc) is 3.11. The van der Waals surface area contributed by atoms with Gasteiger partial charge >= 0.3 is 0 Å². The molecule has 1 aliphatic heterocycles. The topological polar surface area (TPSA) is 110 Å². The highest BCUT2D eigenvalue weighted by molar-refractivity contribution is 7.88. The molecule has 0 spiro atoms. The second-order valence-electron chi connectivity index (χ2n) is 5.49. The predicted octanol–water partition coefficient (Wildman–Crippen LogP) is -0.0742. The van der Waals surface area contributed by atoms with Crippen molar-refractivity contribution in [2.75, 3.05) is 19.3 Å². The van der Waals surface area contributed by atoms with Crippen LogP contribution in [-0.4, -0.2) is 53.3 Å². The predicted molar refractivity (Wildman–Crippen MR) is 80.1 cm³/mol. The number of aromatic nitrogens is 3. The Morgan fingerprint density at radius 1 is 1.52 bits per heavy atom. The minimum absolute atomic E-state index is 0.159. The SMILES string of the molecule is Cc1ncoc1C(=O)N1Cc2ccnn2[C@@H](CNS(C)(=O)=O)C1. The maximum absolute atomic E-state index is 12.6. The third-order valence-corrected chi connectivity index (χ3v) is 4.38. The number of carbonyl (C=O) groups excluding carboxylic acids is 1. The van der Waals surface area contributed by atoms with Crippen LogP contribution >= 0.6 is 0 Å². The molecule has 10 heteroatoms. The van der Waals surface area contributed by atoms with E-state index in [2.05, 4.69) is 14.8 Å². The van der Waals surface area contributed by atoms with Crippen LogP contribution in [0.2, 0.25) is 0 Å². The summed E-state index contributed by atoms with van der Waals surface area (Å²) in [4.78, 5) is 18.1. The number of aryl methyl sites for hydroxylation is 1. The van der Waals surface area contributed by atoms with Crippen LogP contribution in [0.25, 0.3) is 0 Å². The monoisotopic (exact) mass is 339 g/mol. The van der Waals surface area contributed by atoms with Crippen molar-refractivity contribution in [3.8, 4) is 0 Å². The van der Waals surface area contributed by atoms with Gasteiger partial charge in [0, 0.05) is 19.3 Å². The van der Waals surface area contributed by atoms with Gasteiger partial charge in [-0.25, -0.2) is 18.1 Å². The van der Waals surface area contributed by atoms with Gasteiger partial charge in [0.2, 0.25) is 15.8 Å². The van der Waals surface area contributed by atoms with E-state index in [0.717, 1.165) is 11.9 Å². The number of nitrogens with zero attached hydrogens (tertiary/aromatic N) is 4. The van der Waals surface area contributed by atoms with E-state index in [1.54, 1.807) is 28.8 Å². The Labute approximate surface area is 133 Å². The number of carbonyl (C=O) groups is 1. The van der Waals surface area contributed by atoms with E-state index < -0.39 is 10.0 Å². The number of fused-ring (bicyclic) bond motifs is 1. The molecule has 0 bridgehead atoms. The van der Waals surface area contributed by atoms with Gasteiger partial charge in [-0.05, 0) is 13.0 Å². The molecule has 1 atom stereocenters. The first-order valence-corrected chi connectivity index (χ1v) is 8.90. The first kappa shape index (κ1) is 15.7. The van der Waals surface area contributed by atoms with Crippen molar-refractivity contribution < 1.29 is 17.6 Å². The van der Waals surface area contributed by atoms with Gasteiger partial charge in [0.1, 0.15) is 0 Å². The second-order valence-corrected chi connectivity index (χ2v) is 7.33. The highest BCUT2D eigenvalue weighted by atomic mass is 32.2. The van der Waals surface area contributed by atoms with Crippen molar-refractivity contribution in [2.24, 2.45) is 0 Å². The van der Waals surface area contributed by atoms with Crippen LogP contribution in [0.4, 0.5) is 0 Å². The molecule has 23 heavy (non-hydrogen) atoms. The molecule has 0 radical (unpaired) electrons. The Morgan fingerprint density at radius 2 is 2.30 bits per heavy atom. The zero-order valence-corrected chi connectivity index (χ0v) is 13.6. The lowest BCUT2D eigenvalue weighted by Gasteiger charge is -2.33. The molecule has 0 fully saturated rings. The summed E-state index contributed by atoms with van der Waals surface area (Å²) in [5.41, 5.74) is 1.36. The number of amides is 1. The van der Waals surface area contributed by atoms with Gasteiger partial charge < -0.3 is 9.32 Å². The first-order chi connectivity index (χ1) is 10.8. The quantitative estimate of drug-likeness (QED) is 0.834. The van der Waals surface area contributed by atoms with Crippen molar-refractivity contribution in [2.45, 2.75) is 19.5 Å². The molecular weight excluding hydrogens is 322 g/mol. The van der Waals surface area contributed by atoms with Gasteiger partial charge in [-0.2, -0.15) is 5.10 Å². The molecule has 3 heterocycles. The average molecular weight is 339 g/mol. The van der Waals surface area contributed by atoms with Crippen molar-refractivity contribution in [3.05, 3.63) is 35.8 Å². The zero-order valence-electron chi connectivity index (χ0n) is 12.8. The molecule has 3 rings (SSSR count). The van der Waals surface area contributed by atoms with Crippen LogP contribution in [0.15, 0.2) is 23.1 Å². The fourth-order valence-electron chi connectivity index (χ4n) is 2.59. The van der Waals surface area contributed by atoms with Crippen LogP contribution < -0.4 is 4.72 Å². The van der Waals surface area contributed by atoms with Crippen molar-refractivity contribution >= 4 is 15.9 Å². The third kappa shape index (κ3) is 3.27. The molecule has 0 saturated heterocycles. The molecule has 0 saturated carbocycles. The summed E-state index contributed by atoms with van der Waals surface area (Å²) in [6, 6.07) is 1.52. The van der Waals surface area contributed by atoms with E-state index in [4.69, 9.17) is 4.42 Å². The molecular formula is C13H17N5O4S. The minimum atomic E-state index is -3.32. The summed E-state index contributed by atoms with van der Waals surface area (Å²) in [5.74, 6) is -0.0652. The Hall–Kier alpha value is -2.20. The van der Waals surface area contributed by atoms with E-state index in [9.17, 15) is 13.2 Å². The zero-order chi connectivity index (χ0) is 16.6. The minimum Gasteiger partial charge on any atom is -0.438 e. The Kier molecular flexibility index (Phi) is 3.94. The molecule has 9 nitrogen and oxygen atoms in total. The molecule has 2 aromatic rings. The number of hydrogen-bond acceptors (Lipinski definition) is 6. The lowest BCUT2D eigenvalue weighted by molar-refractivity contribution is 0.0638. The maximum Gasteiger partial charge on any atom is 0.291 e. The molecule has 0 aromatic carbocycles. The third-order valence-electron chi connectivity index (χ3n) is 3.69. The summed E-state index contributed by atoms with van der Waals surface area (Å²) in [7, 11) is -3.32. The fraction of sp³-hybridized carbons (Fsp3) is 0.462. The normalized spacial score (nSPS) is 18.0. The standard InChI is InChI=1S/C13H17N5O4S/c1-9-12(22-8-14-9)13(19)17-6-10-3-4-15-18(10)11(7-17)5-16-23(2,20)21/h3-4,8,11,16H,5-7H2,1-2H3/t11-/m0/s1. The first-order valence-electron chi connectivity index (χ1n) is 7.01. The molecule has 1 amide bonds. The Bertz CT molecular complexity index is 825. The van der Waals surface area contributed by atoms with Gasteiger partial charge in [0.15, 0.2) is 6.39 Å². The summed E-state index contributed by atoms with van der Waals surface area (Å²) in [6.45, 7) is 2.57. The van der Waals surface area contributed by atoms with E-state index >= 15 is 0 Å². The maximum atomic E-state index is 12.6. The Morgan fingerprint density at radius 3 is 2.96 bits per heavy atom. The molecule has 1 aliphatic rings. The number of sulfonamides is 1. The van der Waals surface area contributed by atoms with E-state index in [0.29, 0.717) is 18.8 Å².